The number of nitrogens with zero attached hydrogens (tertiary/aromatic N) is 1. The lowest BCUT2D eigenvalue weighted by molar-refractivity contribution is -0.116. The molecule has 1 amide bonds. The maximum Gasteiger partial charge on any atom is 0.261 e. The Kier molecular flexibility index (Phi) is 8.48. The van der Waals surface area contributed by atoms with Crippen molar-refractivity contribution in [1.82, 2.24) is 0 Å². The number of anilines is 3. The molecule has 8 nitrogen and oxygen atoms in total. The lowest BCUT2D eigenvalue weighted by Crippen LogP contribution is -2.32. The highest BCUT2D eigenvalue weighted by molar-refractivity contribution is 7.92. The Bertz CT molecular complexity index is 1720. The maximum atomic E-state index is 13.0. The van der Waals surface area contributed by atoms with E-state index >= 15 is 0 Å². The van der Waals surface area contributed by atoms with Crippen LogP contribution in [0.4, 0.5) is 17.1 Å². The summed E-state index contributed by atoms with van der Waals surface area (Å²) in [5.41, 5.74) is 2.12. The van der Waals surface area contributed by atoms with Crippen LogP contribution in [0.3, 0.4) is 0 Å². The van der Waals surface area contributed by atoms with E-state index in [4.69, 9.17) is 11.6 Å². The van der Waals surface area contributed by atoms with Gasteiger partial charge >= 0.3 is 0 Å². The topological polar surface area (TPSA) is 113 Å². The third-order valence-corrected chi connectivity index (χ3v) is 8.88. The van der Waals surface area contributed by atoms with Gasteiger partial charge in [-0.2, -0.15) is 0 Å². The van der Waals surface area contributed by atoms with Gasteiger partial charge in [0.05, 0.1) is 22.5 Å². The van der Waals surface area contributed by atoms with E-state index in [-0.39, 0.29) is 30.2 Å². The fourth-order valence-corrected chi connectivity index (χ4v) is 6.42. The van der Waals surface area contributed by atoms with Crippen molar-refractivity contribution in [1.29, 1.82) is 0 Å². The van der Waals surface area contributed by atoms with Gasteiger partial charge in [0.15, 0.2) is 0 Å². The number of sulfonamides is 2. The number of nitrogens with one attached hydrogen (secondary N) is 2. The van der Waals surface area contributed by atoms with Gasteiger partial charge in [0.25, 0.3) is 10.0 Å². The molecule has 0 saturated heterocycles. The van der Waals surface area contributed by atoms with Gasteiger partial charge in [0.2, 0.25) is 15.9 Å². The molecule has 0 aliphatic rings. The Hall–Kier alpha value is -3.60. The molecule has 0 aliphatic carbocycles. The van der Waals surface area contributed by atoms with Crippen LogP contribution in [0.1, 0.15) is 18.4 Å². The largest absolute Gasteiger partial charge is 0.326 e. The van der Waals surface area contributed by atoms with Gasteiger partial charge in [-0.15, -0.1) is 0 Å². The van der Waals surface area contributed by atoms with Crippen LogP contribution in [0, 0.1) is 6.92 Å². The predicted molar refractivity (Wildman–Crippen MR) is 157 cm³/mol. The van der Waals surface area contributed by atoms with Gasteiger partial charge in [-0.3, -0.25) is 13.8 Å². The van der Waals surface area contributed by atoms with E-state index in [1.807, 2.05) is 30.3 Å². The van der Waals surface area contributed by atoms with Crippen molar-refractivity contribution in [2.45, 2.75) is 24.7 Å². The van der Waals surface area contributed by atoms with E-state index in [9.17, 15) is 21.6 Å². The Balaban J connectivity index is 1.37. The van der Waals surface area contributed by atoms with Gasteiger partial charge in [-0.05, 0) is 66.8 Å². The lowest BCUT2D eigenvalue weighted by Gasteiger charge is -2.24. The average molecular weight is 586 g/mol. The van der Waals surface area contributed by atoms with Crippen molar-refractivity contribution in [2.75, 3.05) is 27.1 Å². The molecule has 39 heavy (non-hydrogen) atoms. The highest BCUT2D eigenvalue weighted by Gasteiger charge is 2.20. The zero-order valence-electron chi connectivity index (χ0n) is 21.4. The minimum absolute atomic E-state index is 0.0501. The Morgan fingerprint density at radius 3 is 2.31 bits per heavy atom. The molecule has 0 unspecified atom stereocenters. The highest BCUT2D eigenvalue weighted by atomic mass is 35.5. The number of hydrogen-bond donors (Lipinski definition) is 2. The van der Waals surface area contributed by atoms with Crippen molar-refractivity contribution >= 4 is 65.4 Å². The van der Waals surface area contributed by atoms with Crippen LogP contribution in [0.25, 0.3) is 10.8 Å². The fraction of sp³-hybridized carbons (Fsp3) is 0.179. The third-order valence-electron chi connectivity index (χ3n) is 6.09. The summed E-state index contributed by atoms with van der Waals surface area (Å²) in [5.74, 6) is -0.323. The number of benzene rings is 4. The van der Waals surface area contributed by atoms with Crippen LogP contribution >= 0.6 is 11.6 Å². The molecule has 4 aromatic rings. The molecule has 0 aliphatic heterocycles. The number of carbonyl (C=O) groups is 1. The summed E-state index contributed by atoms with van der Waals surface area (Å²) >= 11 is 6.06. The lowest BCUT2D eigenvalue weighted by atomic mass is 10.1. The molecular formula is C28H28ClN3O5S2. The summed E-state index contributed by atoms with van der Waals surface area (Å²) in [5, 5.41) is 4.84. The second-order valence-corrected chi connectivity index (χ2v) is 13.1. The summed E-state index contributed by atoms with van der Waals surface area (Å²) < 4.78 is 54.6. The normalized spacial score (nSPS) is 11.8. The second kappa shape index (κ2) is 11.6. The number of amides is 1. The number of fused-ring (bicyclic) bond motifs is 1. The van der Waals surface area contributed by atoms with E-state index in [0.29, 0.717) is 22.1 Å². The molecule has 204 valence electrons. The molecule has 4 aromatic carbocycles. The van der Waals surface area contributed by atoms with Crippen LogP contribution < -0.4 is 14.3 Å². The third kappa shape index (κ3) is 7.08. The van der Waals surface area contributed by atoms with Crippen LogP contribution in [0.5, 0.6) is 0 Å². The number of halogens is 1. The molecule has 0 radical (unpaired) electrons. The van der Waals surface area contributed by atoms with E-state index in [1.165, 1.54) is 28.6 Å². The smallest absolute Gasteiger partial charge is 0.261 e. The van der Waals surface area contributed by atoms with E-state index < -0.39 is 20.0 Å². The van der Waals surface area contributed by atoms with Gasteiger partial charge in [-0.1, -0.05) is 54.1 Å². The Morgan fingerprint density at radius 1 is 0.897 bits per heavy atom. The monoisotopic (exact) mass is 585 g/mol. The van der Waals surface area contributed by atoms with Crippen LogP contribution in [-0.2, 0) is 24.8 Å². The van der Waals surface area contributed by atoms with Crippen molar-refractivity contribution < 1.29 is 21.6 Å². The SMILES string of the molecule is Cc1ccc(Cl)cc1N(CCCC(=O)Nc1ccc(S(=O)(=O)Nc2cccc3ccccc23)cc1)S(C)(=O)=O. The molecule has 0 aromatic heterocycles. The Morgan fingerprint density at radius 2 is 1.59 bits per heavy atom. The molecule has 11 heteroatoms. The first-order valence-corrected chi connectivity index (χ1v) is 15.8. The van der Waals surface area contributed by atoms with Crippen molar-refractivity contribution in [2.24, 2.45) is 0 Å². The summed E-state index contributed by atoms with van der Waals surface area (Å²) in [6.45, 7) is 1.89. The van der Waals surface area contributed by atoms with Crippen LogP contribution in [0.2, 0.25) is 5.02 Å². The van der Waals surface area contributed by atoms with E-state index in [2.05, 4.69) is 10.0 Å². The minimum atomic E-state index is -3.86. The number of hydrogen-bond acceptors (Lipinski definition) is 5. The first kappa shape index (κ1) is 28.4. The first-order chi connectivity index (χ1) is 18.4. The van der Waals surface area contributed by atoms with Crippen molar-refractivity contribution in [3.8, 4) is 0 Å². The van der Waals surface area contributed by atoms with Crippen LogP contribution in [-0.4, -0.2) is 35.5 Å². The summed E-state index contributed by atoms with van der Waals surface area (Å²) in [6, 6.07) is 23.7. The number of rotatable bonds is 10. The minimum Gasteiger partial charge on any atom is -0.326 e. The summed E-state index contributed by atoms with van der Waals surface area (Å²) in [7, 11) is -7.44. The second-order valence-electron chi connectivity index (χ2n) is 9.07. The molecule has 0 saturated carbocycles. The Labute approximate surface area is 233 Å². The average Bonchev–Trinajstić information content (AvgIpc) is 2.88. The van der Waals surface area contributed by atoms with E-state index in [0.717, 1.165) is 22.6 Å². The molecule has 0 fully saturated rings. The van der Waals surface area contributed by atoms with Crippen molar-refractivity contribution in [3.63, 3.8) is 0 Å². The molecule has 0 bridgehead atoms. The first-order valence-electron chi connectivity index (χ1n) is 12.1. The molecule has 0 heterocycles. The molecule has 2 N–H and O–H groups in total. The zero-order valence-corrected chi connectivity index (χ0v) is 23.8. The highest BCUT2D eigenvalue weighted by Crippen LogP contribution is 2.28. The summed E-state index contributed by atoms with van der Waals surface area (Å²) in [6.07, 6.45) is 1.44. The van der Waals surface area contributed by atoms with Crippen LogP contribution in [0.15, 0.2) is 89.8 Å². The predicted octanol–water partition coefficient (Wildman–Crippen LogP) is 5.79. The van der Waals surface area contributed by atoms with Gasteiger partial charge in [-0.25, -0.2) is 16.8 Å². The molecule has 4 rings (SSSR count). The van der Waals surface area contributed by atoms with Gasteiger partial charge < -0.3 is 5.32 Å². The standard InChI is InChI=1S/C28H28ClN3O5S2/c1-20-12-13-22(29)19-27(20)32(38(2,34)35)18-6-11-28(33)30-23-14-16-24(17-15-23)39(36,37)31-26-10-5-8-21-7-3-4-9-25(21)26/h3-5,7-10,12-17,19,31H,6,11,18H2,1-2H3,(H,30,33). The molecular weight excluding hydrogens is 558 g/mol. The number of carbonyl (C=O) groups excluding carboxylic acids is 1. The van der Waals surface area contributed by atoms with Crippen molar-refractivity contribution in [3.05, 3.63) is 95.5 Å². The molecule has 0 spiro atoms. The zero-order chi connectivity index (χ0) is 28.2. The molecule has 0 atom stereocenters. The van der Waals surface area contributed by atoms with E-state index in [1.54, 1.807) is 37.3 Å². The van der Waals surface area contributed by atoms with Gasteiger partial charge in [0.1, 0.15) is 0 Å². The quantitative estimate of drug-likeness (QED) is 0.245. The number of aryl methyl sites for hydroxylation is 1. The fourth-order valence-electron chi connectivity index (χ4n) is 4.16. The maximum absolute atomic E-state index is 13.0. The summed E-state index contributed by atoms with van der Waals surface area (Å²) in [4.78, 5) is 12.6. The van der Waals surface area contributed by atoms with Gasteiger partial charge in [0, 0.05) is 29.1 Å².